The largest absolute Gasteiger partial charge is 0.489 e. The maximum atomic E-state index is 13.0. The van der Waals surface area contributed by atoms with Crippen LogP contribution in [0.15, 0.2) is 65.1 Å². The lowest BCUT2D eigenvalue weighted by molar-refractivity contribution is -0.137. The summed E-state index contributed by atoms with van der Waals surface area (Å²) in [6.07, 6.45) is -5.73. The molecule has 0 heterocycles. The van der Waals surface area contributed by atoms with Gasteiger partial charge in [0.25, 0.3) is 0 Å². The van der Waals surface area contributed by atoms with Gasteiger partial charge in [0.2, 0.25) is 0 Å². The monoisotopic (exact) mass is 434 g/mol. The van der Waals surface area contributed by atoms with Gasteiger partial charge < -0.3 is 9.84 Å². The van der Waals surface area contributed by atoms with Crippen molar-refractivity contribution in [3.63, 3.8) is 0 Å². The number of rotatable bonds is 3. The number of benzene rings is 3. The quantitative estimate of drug-likeness (QED) is 0.558. The number of halogens is 4. The number of aliphatic hydroxyl groups excluding tert-OH is 1. The zero-order valence-electron chi connectivity index (χ0n) is 13.9. The van der Waals surface area contributed by atoms with Crippen LogP contribution in [0.25, 0.3) is 10.8 Å². The molecule has 0 aliphatic carbocycles. The number of alkyl halides is 3. The summed E-state index contributed by atoms with van der Waals surface area (Å²) >= 11 is 3.47. The van der Waals surface area contributed by atoms with Crippen LogP contribution in [0.4, 0.5) is 13.2 Å². The Morgan fingerprint density at radius 2 is 1.70 bits per heavy atom. The van der Waals surface area contributed by atoms with Gasteiger partial charge in [-0.1, -0.05) is 54.3 Å². The lowest BCUT2D eigenvalue weighted by atomic mass is 10.1. The van der Waals surface area contributed by atoms with Crippen molar-refractivity contribution in [2.45, 2.75) is 12.3 Å². The molecular weight excluding hydrogens is 421 g/mol. The second-order valence-electron chi connectivity index (χ2n) is 5.74. The van der Waals surface area contributed by atoms with Gasteiger partial charge in [0.1, 0.15) is 18.5 Å². The van der Waals surface area contributed by atoms with Crippen LogP contribution in [0.5, 0.6) is 5.75 Å². The standard InChI is InChI=1S/C21H14BrF3O2/c22-20-17-7-3-1-5-14(17)10-12-19(20)27-13-16(26)11-9-15-6-2-4-8-18(15)21(23,24)25/h1-8,10,12,16,26H,13H2. The molecule has 0 amide bonds. The van der Waals surface area contributed by atoms with E-state index in [1.54, 1.807) is 6.07 Å². The average molecular weight is 435 g/mol. The van der Waals surface area contributed by atoms with Crippen molar-refractivity contribution in [2.24, 2.45) is 0 Å². The first kappa shape index (κ1) is 19.3. The molecule has 1 N–H and O–H groups in total. The third-order valence-electron chi connectivity index (χ3n) is 3.83. The average Bonchev–Trinajstić information content (AvgIpc) is 2.65. The van der Waals surface area contributed by atoms with Gasteiger partial charge >= 0.3 is 6.18 Å². The van der Waals surface area contributed by atoms with Crippen molar-refractivity contribution in [1.82, 2.24) is 0 Å². The Balaban J connectivity index is 1.73. The Labute approximate surface area is 162 Å². The van der Waals surface area contributed by atoms with Crippen LogP contribution >= 0.6 is 15.9 Å². The van der Waals surface area contributed by atoms with Gasteiger partial charge in [0.05, 0.1) is 10.0 Å². The molecular formula is C21H14BrF3O2. The molecule has 2 nitrogen and oxygen atoms in total. The molecule has 0 spiro atoms. The van der Waals surface area contributed by atoms with Gasteiger partial charge in [-0.25, -0.2) is 0 Å². The van der Waals surface area contributed by atoms with Crippen molar-refractivity contribution in [2.75, 3.05) is 6.61 Å². The molecule has 0 saturated carbocycles. The van der Waals surface area contributed by atoms with Crippen molar-refractivity contribution in [1.29, 1.82) is 0 Å². The summed E-state index contributed by atoms with van der Waals surface area (Å²) in [6, 6.07) is 16.3. The summed E-state index contributed by atoms with van der Waals surface area (Å²) in [6.45, 7) is -0.169. The summed E-state index contributed by atoms with van der Waals surface area (Å²) in [4.78, 5) is 0. The molecule has 3 aromatic carbocycles. The molecule has 3 rings (SSSR count). The van der Waals surface area contributed by atoms with Crippen LogP contribution in [-0.4, -0.2) is 17.8 Å². The smallest absolute Gasteiger partial charge is 0.417 e. The van der Waals surface area contributed by atoms with Gasteiger partial charge in [-0.2, -0.15) is 13.2 Å². The van der Waals surface area contributed by atoms with E-state index in [4.69, 9.17) is 4.74 Å². The Kier molecular flexibility index (Phi) is 5.73. The predicted octanol–water partition coefficient (Wildman–Crippen LogP) is 5.41. The highest BCUT2D eigenvalue weighted by Crippen LogP contribution is 2.33. The van der Waals surface area contributed by atoms with Gasteiger partial charge in [0.15, 0.2) is 0 Å². The maximum absolute atomic E-state index is 13.0. The van der Waals surface area contributed by atoms with E-state index in [0.717, 1.165) is 21.3 Å². The lowest BCUT2D eigenvalue weighted by Gasteiger charge is -2.11. The minimum atomic E-state index is -4.50. The van der Waals surface area contributed by atoms with E-state index in [0.29, 0.717) is 5.75 Å². The first-order valence-electron chi connectivity index (χ1n) is 8.02. The highest BCUT2D eigenvalue weighted by Gasteiger charge is 2.32. The zero-order chi connectivity index (χ0) is 19.4. The fourth-order valence-electron chi connectivity index (χ4n) is 2.54. The van der Waals surface area contributed by atoms with Gasteiger partial charge in [-0.3, -0.25) is 0 Å². The third kappa shape index (κ3) is 4.62. The van der Waals surface area contributed by atoms with E-state index in [-0.39, 0.29) is 12.2 Å². The molecule has 0 fully saturated rings. The van der Waals surface area contributed by atoms with Crippen LogP contribution in [0.2, 0.25) is 0 Å². The molecule has 0 aromatic heterocycles. The fourth-order valence-corrected chi connectivity index (χ4v) is 3.14. The van der Waals surface area contributed by atoms with Crippen LogP contribution in [0.3, 0.4) is 0 Å². The number of ether oxygens (including phenoxy) is 1. The van der Waals surface area contributed by atoms with Crippen molar-refractivity contribution >= 4 is 26.7 Å². The van der Waals surface area contributed by atoms with E-state index in [2.05, 4.69) is 27.8 Å². The summed E-state index contributed by atoms with van der Waals surface area (Å²) in [5.74, 6) is 5.31. The molecule has 138 valence electrons. The van der Waals surface area contributed by atoms with Gasteiger partial charge in [-0.15, -0.1) is 0 Å². The fraction of sp³-hybridized carbons (Fsp3) is 0.143. The van der Waals surface area contributed by atoms with E-state index in [1.807, 2.05) is 30.3 Å². The Bertz CT molecular complexity index is 1020. The van der Waals surface area contributed by atoms with E-state index in [1.165, 1.54) is 18.2 Å². The van der Waals surface area contributed by atoms with Gasteiger partial charge in [0, 0.05) is 5.56 Å². The molecule has 0 aliphatic heterocycles. The van der Waals surface area contributed by atoms with Crippen LogP contribution in [-0.2, 0) is 6.18 Å². The molecule has 27 heavy (non-hydrogen) atoms. The Morgan fingerprint density at radius 1 is 1.00 bits per heavy atom. The summed E-state index contributed by atoms with van der Waals surface area (Å²) in [7, 11) is 0. The van der Waals surface area contributed by atoms with Crippen molar-refractivity contribution < 1.29 is 23.0 Å². The molecule has 3 aromatic rings. The Morgan fingerprint density at radius 3 is 2.48 bits per heavy atom. The SMILES string of the molecule is OC(C#Cc1ccccc1C(F)(F)F)COc1ccc2ccccc2c1Br. The third-order valence-corrected chi connectivity index (χ3v) is 4.65. The van der Waals surface area contributed by atoms with Crippen LogP contribution in [0.1, 0.15) is 11.1 Å². The minimum absolute atomic E-state index is 0.169. The van der Waals surface area contributed by atoms with Crippen molar-refractivity contribution in [3.8, 4) is 17.6 Å². The first-order chi connectivity index (χ1) is 12.9. The van der Waals surface area contributed by atoms with E-state index >= 15 is 0 Å². The number of hydrogen-bond donors (Lipinski definition) is 1. The molecule has 0 bridgehead atoms. The first-order valence-corrected chi connectivity index (χ1v) is 8.81. The van der Waals surface area contributed by atoms with Crippen molar-refractivity contribution in [3.05, 3.63) is 76.3 Å². The van der Waals surface area contributed by atoms with E-state index < -0.39 is 17.8 Å². The molecule has 0 radical (unpaired) electrons. The lowest BCUT2D eigenvalue weighted by Crippen LogP contribution is -2.15. The molecule has 6 heteroatoms. The molecule has 0 saturated heterocycles. The summed E-state index contributed by atoms with van der Waals surface area (Å²) in [5, 5.41) is 12.0. The number of hydrogen-bond acceptors (Lipinski definition) is 2. The molecule has 1 atom stereocenters. The highest BCUT2D eigenvalue weighted by atomic mass is 79.9. The second-order valence-corrected chi connectivity index (χ2v) is 6.53. The number of aliphatic hydroxyl groups is 1. The van der Waals surface area contributed by atoms with Gasteiger partial charge in [-0.05, 0) is 44.9 Å². The predicted molar refractivity (Wildman–Crippen MR) is 101 cm³/mol. The normalized spacial score (nSPS) is 12.3. The van der Waals surface area contributed by atoms with Crippen LogP contribution in [0, 0.1) is 11.8 Å². The van der Waals surface area contributed by atoms with E-state index in [9.17, 15) is 18.3 Å². The molecule has 1 unspecified atom stereocenters. The topological polar surface area (TPSA) is 29.5 Å². The second kappa shape index (κ2) is 8.03. The zero-order valence-corrected chi connectivity index (χ0v) is 15.5. The summed E-state index contributed by atoms with van der Waals surface area (Å²) < 4.78 is 45.2. The summed E-state index contributed by atoms with van der Waals surface area (Å²) in [5.41, 5.74) is -1.01. The Hall–Kier alpha value is -2.49. The number of fused-ring (bicyclic) bond motifs is 1. The highest BCUT2D eigenvalue weighted by molar-refractivity contribution is 9.10. The van der Waals surface area contributed by atoms with Crippen LogP contribution < -0.4 is 4.74 Å². The maximum Gasteiger partial charge on any atom is 0.417 e. The molecule has 0 aliphatic rings. The minimum Gasteiger partial charge on any atom is -0.489 e.